The minimum atomic E-state index is 0. The quantitative estimate of drug-likeness (QED) is 0.481. The van der Waals surface area contributed by atoms with E-state index in [2.05, 4.69) is 38.5 Å². The van der Waals surface area contributed by atoms with Gasteiger partial charge < -0.3 is 17.6 Å². The summed E-state index contributed by atoms with van der Waals surface area (Å²) in [6.45, 7) is 5.25. The molecule has 2 fully saturated rings. The summed E-state index contributed by atoms with van der Waals surface area (Å²) in [7, 11) is 0. The zero-order valence-corrected chi connectivity index (χ0v) is 18.7. The molecule has 4 atom stereocenters. The maximum Gasteiger partial charge on any atom is 0.0440 e. The Bertz CT molecular complexity index is 292. The zero-order valence-electron chi connectivity index (χ0n) is 13.0. The van der Waals surface area contributed by atoms with Gasteiger partial charge in [-0.3, -0.25) is 0 Å². The Balaban J connectivity index is 0.00000180. The molecule has 0 aromatic rings. The van der Waals surface area contributed by atoms with Gasteiger partial charge in [-0.05, 0) is 13.3 Å². The van der Waals surface area contributed by atoms with Gasteiger partial charge in [-0.2, -0.15) is 12.8 Å². The molecule has 2 aliphatic rings. The van der Waals surface area contributed by atoms with Gasteiger partial charge in [-0.15, -0.1) is 23.7 Å². The largest absolute Gasteiger partial charge is 0.381 e. The maximum absolute atomic E-state index is 5.65. The van der Waals surface area contributed by atoms with E-state index in [4.69, 9.17) is 4.74 Å². The monoisotopic (exact) mass is 424 g/mol. The van der Waals surface area contributed by atoms with Crippen LogP contribution in [0.15, 0.2) is 0 Å². The molecular formula is C17H26OY2-2. The van der Waals surface area contributed by atoms with E-state index in [9.17, 15) is 0 Å². The van der Waals surface area contributed by atoms with Crippen molar-refractivity contribution in [1.82, 2.24) is 0 Å². The molecule has 1 nitrogen and oxygen atoms in total. The molecule has 2 aliphatic carbocycles. The summed E-state index contributed by atoms with van der Waals surface area (Å²) in [5, 5.41) is 0. The van der Waals surface area contributed by atoms with Crippen molar-refractivity contribution in [3.05, 3.63) is 12.8 Å². The van der Waals surface area contributed by atoms with Crippen molar-refractivity contribution in [1.29, 1.82) is 0 Å². The Labute approximate surface area is 175 Å². The molecule has 2 rings (SSSR count). The molecule has 0 spiro atoms. The number of rotatable bonds is 2. The first-order valence-corrected chi connectivity index (χ1v) is 7.57. The van der Waals surface area contributed by atoms with Crippen LogP contribution in [0.5, 0.6) is 0 Å². The fraction of sp³-hybridized carbons (Fsp3) is 0.765. The summed E-state index contributed by atoms with van der Waals surface area (Å²) in [5.74, 6) is 8.89. The van der Waals surface area contributed by atoms with Gasteiger partial charge in [0.05, 0.1) is 0 Å². The fourth-order valence-electron chi connectivity index (χ4n) is 2.88. The van der Waals surface area contributed by atoms with Gasteiger partial charge in [0.1, 0.15) is 0 Å². The summed E-state index contributed by atoms with van der Waals surface area (Å²) in [6, 6.07) is 0. The Morgan fingerprint density at radius 3 is 2.00 bits per heavy atom. The first kappa shape index (κ1) is 21.7. The summed E-state index contributed by atoms with van der Waals surface area (Å²) >= 11 is 0. The third-order valence-electron chi connectivity index (χ3n) is 4.13. The van der Waals surface area contributed by atoms with Crippen LogP contribution in [0.3, 0.4) is 0 Å². The van der Waals surface area contributed by atoms with E-state index in [1.165, 1.54) is 32.1 Å². The van der Waals surface area contributed by atoms with Gasteiger partial charge in [-0.1, -0.05) is 32.1 Å². The number of ether oxygens (including phenoxy) is 1. The van der Waals surface area contributed by atoms with Gasteiger partial charge in [-0.25, -0.2) is 0 Å². The standard InChI is InChI=1S/C17H26O.2Y/c1-3-18-17-12-10-16(11-13-17)9-8-15-6-4-14(2)5-7-15;;/h6,10,14-17H,3-5,7,11-13H2,1-2H3;;/q-2;;. The smallest absolute Gasteiger partial charge is 0.0440 e. The van der Waals surface area contributed by atoms with Crippen molar-refractivity contribution >= 4 is 0 Å². The molecule has 108 valence electrons. The molecule has 0 aromatic carbocycles. The Morgan fingerprint density at radius 1 is 0.950 bits per heavy atom. The zero-order chi connectivity index (χ0) is 12.8. The third kappa shape index (κ3) is 7.83. The minimum absolute atomic E-state index is 0. The Hall–Kier alpha value is 1.73. The van der Waals surface area contributed by atoms with Crippen LogP contribution in [-0.4, -0.2) is 12.7 Å². The molecule has 2 saturated carbocycles. The van der Waals surface area contributed by atoms with Crippen LogP contribution in [0, 0.1) is 42.4 Å². The number of hydrogen-bond donors (Lipinski definition) is 0. The SMILES string of the molecule is CCOC1C[CH-]C(C#CC2[CH-]CC(C)CC2)CC1.[Y].[Y]. The van der Waals surface area contributed by atoms with Gasteiger partial charge >= 0.3 is 0 Å². The van der Waals surface area contributed by atoms with Crippen molar-refractivity contribution in [2.24, 2.45) is 17.8 Å². The average Bonchev–Trinajstić information content (AvgIpc) is 2.40. The van der Waals surface area contributed by atoms with Crippen molar-refractivity contribution in [2.75, 3.05) is 6.61 Å². The van der Waals surface area contributed by atoms with E-state index in [-0.39, 0.29) is 65.4 Å². The third-order valence-corrected chi connectivity index (χ3v) is 4.13. The van der Waals surface area contributed by atoms with Gasteiger partial charge in [0.25, 0.3) is 0 Å². The molecule has 0 N–H and O–H groups in total. The van der Waals surface area contributed by atoms with Crippen molar-refractivity contribution in [2.45, 2.75) is 58.5 Å². The molecule has 0 aromatic heterocycles. The van der Waals surface area contributed by atoms with Crippen LogP contribution in [0.2, 0.25) is 0 Å². The maximum atomic E-state index is 5.65. The molecule has 4 unspecified atom stereocenters. The number of hydrogen-bond acceptors (Lipinski definition) is 1. The van der Waals surface area contributed by atoms with E-state index >= 15 is 0 Å². The second-order valence-electron chi connectivity index (χ2n) is 5.78. The van der Waals surface area contributed by atoms with Crippen LogP contribution in [-0.2, 0) is 70.2 Å². The van der Waals surface area contributed by atoms with Crippen LogP contribution in [0.4, 0.5) is 0 Å². The van der Waals surface area contributed by atoms with Crippen LogP contribution in [0.25, 0.3) is 0 Å². The summed E-state index contributed by atoms with van der Waals surface area (Å²) in [5.41, 5.74) is 0. The van der Waals surface area contributed by atoms with E-state index in [0.717, 1.165) is 18.9 Å². The Morgan fingerprint density at radius 2 is 1.55 bits per heavy atom. The van der Waals surface area contributed by atoms with Crippen LogP contribution < -0.4 is 0 Å². The average molecular weight is 424 g/mol. The fourth-order valence-corrected chi connectivity index (χ4v) is 2.88. The van der Waals surface area contributed by atoms with E-state index in [1.54, 1.807) is 0 Å². The van der Waals surface area contributed by atoms with Crippen LogP contribution in [0.1, 0.15) is 52.4 Å². The second-order valence-corrected chi connectivity index (χ2v) is 5.78. The molecular weight excluding hydrogens is 398 g/mol. The summed E-state index contributed by atoms with van der Waals surface area (Å²) in [4.78, 5) is 0. The van der Waals surface area contributed by atoms with Crippen molar-refractivity contribution < 1.29 is 70.2 Å². The Kier molecular flexibility index (Phi) is 13.2. The van der Waals surface area contributed by atoms with Gasteiger partial charge in [0.15, 0.2) is 0 Å². The molecule has 0 aliphatic heterocycles. The van der Waals surface area contributed by atoms with E-state index in [1.807, 2.05) is 0 Å². The molecule has 20 heavy (non-hydrogen) atoms. The first-order valence-electron chi connectivity index (χ1n) is 7.57. The molecule has 2 radical (unpaired) electrons. The summed E-state index contributed by atoms with van der Waals surface area (Å²) < 4.78 is 5.65. The molecule has 0 saturated heterocycles. The molecule has 0 bridgehead atoms. The molecule has 0 amide bonds. The second kappa shape index (κ2) is 12.2. The van der Waals surface area contributed by atoms with Crippen molar-refractivity contribution in [3.8, 4) is 11.8 Å². The predicted molar refractivity (Wildman–Crippen MR) is 75.6 cm³/mol. The van der Waals surface area contributed by atoms with Gasteiger partial charge in [0.2, 0.25) is 0 Å². The normalized spacial score (nSPS) is 33.1. The van der Waals surface area contributed by atoms with E-state index in [0.29, 0.717) is 17.9 Å². The minimum Gasteiger partial charge on any atom is -0.381 e. The predicted octanol–water partition coefficient (Wildman–Crippen LogP) is 4.03. The molecule has 0 heterocycles. The van der Waals surface area contributed by atoms with E-state index < -0.39 is 0 Å². The van der Waals surface area contributed by atoms with Crippen molar-refractivity contribution in [3.63, 3.8) is 0 Å². The summed E-state index contributed by atoms with van der Waals surface area (Å²) in [6.07, 6.45) is 12.5. The van der Waals surface area contributed by atoms with Crippen LogP contribution >= 0.6 is 0 Å². The van der Waals surface area contributed by atoms with Gasteiger partial charge in [0, 0.05) is 78.1 Å². The molecule has 3 heteroatoms. The topological polar surface area (TPSA) is 9.23 Å². The first-order chi connectivity index (χ1) is 8.78.